The average Bonchev–Trinajstić information content (AvgIpc) is 2.77. The highest BCUT2D eigenvalue weighted by Crippen LogP contribution is 2.30. The molecular formula is C16H29NS. The highest BCUT2D eigenvalue weighted by atomic mass is 32.1. The van der Waals surface area contributed by atoms with Crippen LogP contribution in [0.1, 0.15) is 56.7 Å². The Balaban J connectivity index is 2.59. The van der Waals surface area contributed by atoms with E-state index in [9.17, 15) is 0 Å². The Morgan fingerprint density at radius 2 is 1.83 bits per heavy atom. The smallest absolute Gasteiger partial charge is 0.00540 e. The van der Waals surface area contributed by atoms with Gasteiger partial charge < -0.3 is 5.32 Å². The highest BCUT2D eigenvalue weighted by Gasteiger charge is 2.24. The lowest BCUT2D eigenvalue weighted by Crippen LogP contribution is -2.33. The molecule has 0 aromatic carbocycles. The Bertz CT molecular complexity index is 332. The SMILES string of the molecule is CCCNCC(C)(CCC)Cc1ccc(CC)s1. The van der Waals surface area contributed by atoms with Crippen LogP contribution in [0, 0.1) is 5.41 Å². The van der Waals surface area contributed by atoms with E-state index >= 15 is 0 Å². The van der Waals surface area contributed by atoms with Crippen LogP contribution in [-0.4, -0.2) is 13.1 Å². The zero-order chi connectivity index (χ0) is 13.4. The molecule has 0 saturated heterocycles. The quantitative estimate of drug-likeness (QED) is 0.642. The summed E-state index contributed by atoms with van der Waals surface area (Å²) in [7, 11) is 0. The minimum Gasteiger partial charge on any atom is -0.316 e. The molecule has 0 aliphatic heterocycles. The Kier molecular flexibility index (Phi) is 6.95. The van der Waals surface area contributed by atoms with E-state index in [-0.39, 0.29) is 0 Å². The number of rotatable bonds is 9. The normalized spacial score (nSPS) is 14.7. The van der Waals surface area contributed by atoms with E-state index in [0.29, 0.717) is 5.41 Å². The largest absolute Gasteiger partial charge is 0.316 e. The molecular weight excluding hydrogens is 238 g/mol. The molecule has 18 heavy (non-hydrogen) atoms. The Morgan fingerprint density at radius 3 is 2.39 bits per heavy atom. The first-order valence-corrected chi connectivity index (χ1v) is 8.23. The van der Waals surface area contributed by atoms with E-state index in [4.69, 9.17) is 0 Å². The molecule has 0 radical (unpaired) electrons. The lowest BCUT2D eigenvalue weighted by molar-refractivity contribution is 0.277. The van der Waals surface area contributed by atoms with Crippen LogP contribution in [0.15, 0.2) is 12.1 Å². The maximum atomic E-state index is 3.61. The molecule has 1 N–H and O–H groups in total. The maximum absolute atomic E-state index is 3.61. The van der Waals surface area contributed by atoms with Gasteiger partial charge >= 0.3 is 0 Å². The molecule has 0 spiro atoms. The Morgan fingerprint density at radius 1 is 1.11 bits per heavy atom. The zero-order valence-electron chi connectivity index (χ0n) is 12.5. The van der Waals surface area contributed by atoms with Crippen molar-refractivity contribution in [3.8, 4) is 0 Å². The molecule has 1 unspecified atom stereocenters. The molecule has 0 amide bonds. The standard InChI is InChI=1S/C16H29NS/c1-5-10-16(4,13-17-11-6-2)12-15-9-8-14(7-3)18-15/h8-9,17H,5-7,10-13H2,1-4H3. The summed E-state index contributed by atoms with van der Waals surface area (Å²) in [6.45, 7) is 11.5. The summed E-state index contributed by atoms with van der Waals surface area (Å²) in [4.78, 5) is 3.08. The second kappa shape index (κ2) is 7.96. The molecule has 1 aromatic heterocycles. The monoisotopic (exact) mass is 267 g/mol. The van der Waals surface area contributed by atoms with Gasteiger partial charge in [0.25, 0.3) is 0 Å². The second-order valence-electron chi connectivity index (χ2n) is 5.64. The fourth-order valence-electron chi connectivity index (χ4n) is 2.54. The zero-order valence-corrected chi connectivity index (χ0v) is 13.3. The predicted molar refractivity (Wildman–Crippen MR) is 83.6 cm³/mol. The number of hydrogen-bond acceptors (Lipinski definition) is 2. The van der Waals surface area contributed by atoms with Gasteiger partial charge in [0.1, 0.15) is 0 Å². The molecule has 0 fully saturated rings. The van der Waals surface area contributed by atoms with Crippen LogP contribution in [0.4, 0.5) is 0 Å². The molecule has 0 aliphatic carbocycles. The van der Waals surface area contributed by atoms with E-state index in [1.165, 1.54) is 37.0 Å². The molecule has 1 atom stereocenters. The third-order valence-electron chi connectivity index (χ3n) is 3.50. The van der Waals surface area contributed by atoms with Gasteiger partial charge in [0.15, 0.2) is 0 Å². The fourth-order valence-corrected chi connectivity index (χ4v) is 3.71. The Labute approximate surface area is 117 Å². The molecule has 104 valence electrons. The number of thiophene rings is 1. The first-order chi connectivity index (χ1) is 8.63. The first-order valence-electron chi connectivity index (χ1n) is 7.42. The predicted octanol–water partition coefficient (Wildman–Crippen LogP) is 4.66. The van der Waals surface area contributed by atoms with Crippen LogP contribution in [0.2, 0.25) is 0 Å². The summed E-state index contributed by atoms with van der Waals surface area (Å²) >= 11 is 2.00. The van der Waals surface area contributed by atoms with E-state index in [1.807, 2.05) is 11.3 Å². The van der Waals surface area contributed by atoms with Crippen LogP contribution >= 0.6 is 11.3 Å². The van der Waals surface area contributed by atoms with Crippen LogP contribution in [0.25, 0.3) is 0 Å². The minimum absolute atomic E-state index is 0.416. The topological polar surface area (TPSA) is 12.0 Å². The fraction of sp³-hybridized carbons (Fsp3) is 0.750. The third kappa shape index (κ3) is 5.11. The van der Waals surface area contributed by atoms with Gasteiger partial charge in [-0.1, -0.05) is 34.1 Å². The molecule has 1 nitrogen and oxygen atoms in total. The summed E-state index contributed by atoms with van der Waals surface area (Å²) < 4.78 is 0. The molecule has 1 heterocycles. The van der Waals surface area contributed by atoms with Crippen molar-refractivity contribution < 1.29 is 0 Å². The van der Waals surface area contributed by atoms with Crippen LogP contribution < -0.4 is 5.32 Å². The average molecular weight is 267 g/mol. The summed E-state index contributed by atoms with van der Waals surface area (Å²) in [5.74, 6) is 0. The molecule has 0 saturated carbocycles. The third-order valence-corrected chi connectivity index (χ3v) is 4.73. The van der Waals surface area contributed by atoms with Crippen molar-refractivity contribution in [2.45, 2.75) is 59.8 Å². The molecule has 2 heteroatoms. The summed E-state index contributed by atoms with van der Waals surface area (Å²) in [5.41, 5.74) is 0.416. The highest BCUT2D eigenvalue weighted by molar-refractivity contribution is 7.11. The maximum Gasteiger partial charge on any atom is 0.00540 e. The van der Waals surface area contributed by atoms with Gasteiger partial charge in [0.05, 0.1) is 0 Å². The van der Waals surface area contributed by atoms with Gasteiger partial charge in [-0.3, -0.25) is 0 Å². The van der Waals surface area contributed by atoms with E-state index in [2.05, 4.69) is 45.1 Å². The van der Waals surface area contributed by atoms with E-state index < -0.39 is 0 Å². The van der Waals surface area contributed by atoms with Crippen molar-refractivity contribution in [3.05, 3.63) is 21.9 Å². The van der Waals surface area contributed by atoms with Crippen molar-refractivity contribution in [1.29, 1.82) is 0 Å². The number of nitrogens with one attached hydrogen (secondary N) is 1. The van der Waals surface area contributed by atoms with Crippen molar-refractivity contribution in [2.75, 3.05) is 13.1 Å². The molecule has 1 aromatic rings. The summed E-state index contributed by atoms with van der Waals surface area (Å²) in [6.07, 6.45) is 6.20. The van der Waals surface area contributed by atoms with Crippen molar-refractivity contribution in [2.24, 2.45) is 5.41 Å². The van der Waals surface area contributed by atoms with Crippen LogP contribution in [0.5, 0.6) is 0 Å². The van der Waals surface area contributed by atoms with Gasteiger partial charge in [0, 0.05) is 16.3 Å². The van der Waals surface area contributed by atoms with E-state index in [1.54, 1.807) is 4.88 Å². The lowest BCUT2D eigenvalue weighted by atomic mass is 9.81. The van der Waals surface area contributed by atoms with Crippen molar-refractivity contribution in [3.63, 3.8) is 0 Å². The number of hydrogen-bond donors (Lipinski definition) is 1. The number of aryl methyl sites for hydroxylation is 1. The first kappa shape index (κ1) is 15.7. The minimum atomic E-state index is 0.416. The molecule has 1 rings (SSSR count). The van der Waals surface area contributed by atoms with Crippen molar-refractivity contribution in [1.82, 2.24) is 5.32 Å². The summed E-state index contributed by atoms with van der Waals surface area (Å²) in [5, 5.41) is 3.61. The van der Waals surface area contributed by atoms with Crippen molar-refractivity contribution >= 4 is 11.3 Å². The van der Waals surface area contributed by atoms with E-state index in [0.717, 1.165) is 13.1 Å². The van der Waals surface area contributed by atoms with Crippen LogP contribution in [0.3, 0.4) is 0 Å². The van der Waals surface area contributed by atoms with Gasteiger partial charge in [-0.2, -0.15) is 0 Å². The Hall–Kier alpha value is -0.340. The van der Waals surface area contributed by atoms with Gasteiger partial charge in [-0.15, -0.1) is 11.3 Å². The van der Waals surface area contributed by atoms with Crippen LogP contribution in [-0.2, 0) is 12.8 Å². The second-order valence-corrected chi connectivity index (χ2v) is 6.89. The van der Waals surface area contributed by atoms with Gasteiger partial charge in [-0.25, -0.2) is 0 Å². The lowest BCUT2D eigenvalue weighted by Gasteiger charge is -2.29. The molecule has 0 aliphatic rings. The summed E-state index contributed by atoms with van der Waals surface area (Å²) in [6, 6.07) is 4.63. The van der Waals surface area contributed by atoms with Gasteiger partial charge in [-0.05, 0) is 49.8 Å². The molecule has 0 bridgehead atoms. The van der Waals surface area contributed by atoms with Gasteiger partial charge in [0.2, 0.25) is 0 Å².